The molecule has 0 N–H and O–H groups in total. The van der Waals surface area contributed by atoms with Gasteiger partial charge >= 0.3 is 0 Å². The molecule has 3 aromatic rings. The fourth-order valence-corrected chi connectivity index (χ4v) is 1.76. The van der Waals surface area contributed by atoms with Crippen LogP contribution in [0.3, 0.4) is 0 Å². The SMILES string of the molecule is COc1cccc(OCc2nc(-c3cccnc3)no2)c1. The predicted octanol–water partition coefficient (Wildman–Crippen LogP) is 2.72. The van der Waals surface area contributed by atoms with Gasteiger partial charge in [0.1, 0.15) is 11.5 Å². The Morgan fingerprint density at radius 2 is 2.05 bits per heavy atom. The second-order valence-electron chi connectivity index (χ2n) is 4.22. The molecular weight excluding hydrogens is 270 g/mol. The molecule has 0 aliphatic heterocycles. The number of aromatic nitrogens is 3. The van der Waals surface area contributed by atoms with Gasteiger partial charge in [0.15, 0.2) is 6.61 Å². The Balaban J connectivity index is 1.67. The predicted molar refractivity (Wildman–Crippen MR) is 74.9 cm³/mol. The second-order valence-corrected chi connectivity index (χ2v) is 4.22. The van der Waals surface area contributed by atoms with Crippen molar-refractivity contribution in [2.45, 2.75) is 6.61 Å². The van der Waals surface area contributed by atoms with Crippen molar-refractivity contribution >= 4 is 0 Å². The fraction of sp³-hybridized carbons (Fsp3) is 0.133. The number of hydrogen-bond acceptors (Lipinski definition) is 6. The number of benzene rings is 1. The molecular formula is C15H13N3O3. The van der Waals surface area contributed by atoms with Gasteiger partial charge in [-0.25, -0.2) is 0 Å². The monoisotopic (exact) mass is 283 g/mol. The van der Waals surface area contributed by atoms with E-state index in [2.05, 4.69) is 15.1 Å². The molecule has 0 atom stereocenters. The van der Waals surface area contributed by atoms with Gasteiger partial charge in [-0.2, -0.15) is 4.98 Å². The lowest BCUT2D eigenvalue weighted by Gasteiger charge is -2.04. The maximum absolute atomic E-state index is 5.59. The molecule has 0 unspecified atom stereocenters. The van der Waals surface area contributed by atoms with Crippen LogP contribution in [0.5, 0.6) is 11.5 Å². The Morgan fingerprint density at radius 1 is 1.14 bits per heavy atom. The van der Waals surface area contributed by atoms with Crippen molar-refractivity contribution in [2.75, 3.05) is 7.11 Å². The van der Waals surface area contributed by atoms with Crippen LogP contribution >= 0.6 is 0 Å². The third kappa shape index (κ3) is 3.17. The molecule has 106 valence electrons. The summed E-state index contributed by atoms with van der Waals surface area (Å²) in [5, 5.41) is 3.90. The minimum atomic E-state index is 0.195. The van der Waals surface area contributed by atoms with Gasteiger partial charge < -0.3 is 14.0 Å². The summed E-state index contributed by atoms with van der Waals surface area (Å²) < 4.78 is 15.9. The van der Waals surface area contributed by atoms with Crippen LogP contribution in [0.15, 0.2) is 53.3 Å². The normalized spacial score (nSPS) is 10.3. The molecule has 2 aromatic heterocycles. The molecule has 1 aromatic carbocycles. The average Bonchev–Trinajstić information content (AvgIpc) is 3.03. The van der Waals surface area contributed by atoms with Crippen LogP contribution < -0.4 is 9.47 Å². The van der Waals surface area contributed by atoms with E-state index in [0.717, 1.165) is 11.3 Å². The number of ether oxygens (including phenoxy) is 2. The third-order valence-electron chi connectivity index (χ3n) is 2.79. The smallest absolute Gasteiger partial charge is 0.264 e. The standard InChI is InChI=1S/C15H13N3O3/c1-19-12-5-2-6-13(8-12)20-10-14-17-15(18-21-14)11-4-3-7-16-9-11/h2-9H,10H2,1H3. The van der Waals surface area contributed by atoms with Crippen molar-refractivity contribution in [3.63, 3.8) is 0 Å². The quantitative estimate of drug-likeness (QED) is 0.717. The Labute approximate surface area is 121 Å². The van der Waals surface area contributed by atoms with Gasteiger partial charge in [-0.3, -0.25) is 4.98 Å². The summed E-state index contributed by atoms with van der Waals surface area (Å²) in [7, 11) is 1.61. The summed E-state index contributed by atoms with van der Waals surface area (Å²) in [5.41, 5.74) is 0.800. The Kier molecular flexibility index (Phi) is 3.77. The molecule has 0 saturated carbocycles. The molecule has 0 fully saturated rings. The van der Waals surface area contributed by atoms with E-state index in [4.69, 9.17) is 14.0 Å². The molecule has 0 saturated heterocycles. The zero-order chi connectivity index (χ0) is 14.5. The van der Waals surface area contributed by atoms with Crippen LogP contribution in [0, 0.1) is 0 Å². The minimum Gasteiger partial charge on any atom is -0.497 e. The van der Waals surface area contributed by atoms with Gasteiger partial charge in [0.2, 0.25) is 5.82 Å². The summed E-state index contributed by atoms with van der Waals surface area (Å²) in [4.78, 5) is 8.28. The molecule has 2 heterocycles. The van der Waals surface area contributed by atoms with Crippen molar-refractivity contribution in [2.24, 2.45) is 0 Å². The first-order chi connectivity index (χ1) is 10.3. The van der Waals surface area contributed by atoms with E-state index >= 15 is 0 Å². The highest BCUT2D eigenvalue weighted by molar-refractivity contribution is 5.51. The van der Waals surface area contributed by atoms with Crippen LogP contribution in [0.1, 0.15) is 5.89 Å². The van der Waals surface area contributed by atoms with E-state index in [1.807, 2.05) is 30.3 Å². The summed E-state index contributed by atoms with van der Waals surface area (Å²) in [6, 6.07) is 11.0. The van der Waals surface area contributed by atoms with E-state index in [9.17, 15) is 0 Å². The molecule has 0 aliphatic rings. The summed E-state index contributed by atoms with van der Waals surface area (Å²) in [5.74, 6) is 2.30. The summed E-state index contributed by atoms with van der Waals surface area (Å²) in [6.07, 6.45) is 3.37. The maximum Gasteiger partial charge on any atom is 0.264 e. The van der Waals surface area contributed by atoms with Crippen LogP contribution in [-0.2, 0) is 6.61 Å². The Morgan fingerprint density at radius 3 is 2.86 bits per heavy atom. The first-order valence-corrected chi connectivity index (χ1v) is 6.35. The number of methoxy groups -OCH3 is 1. The van der Waals surface area contributed by atoms with Gasteiger partial charge in [-0.1, -0.05) is 11.2 Å². The van der Waals surface area contributed by atoms with Crippen LogP contribution in [-0.4, -0.2) is 22.2 Å². The van der Waals surface area contributed by atoms with Gasteiger partial charge in [-0.05, 0) is 24.3 Å². The molecule has 6 nitrogen and oxygen atoms in total. The van der Waals surface area contributed by atoms with Crippen LogP contribution in [0.2, 0.25) is 0 Å². The van der Waals surface area contributed by atoms with Gasteiger partial charge in [0.05, 0.1) is 7.11 Å². The van der Waals surface area contributed by atoms with E-state index in [1.54, 1.807) is 25.6 Å². The molecule has 0 spiro atoms. The lowest BCUT2D eigenvalue weighted by atomic mass is 10.3. The topological polar surface area (TPSA) is 70.3 Å². The maximum atomic E-state index is 5.59. The zero-order valence-electron chi connectivity index (χ0n) is 11.4. The lowest BCUT2D eigenvalue weighted by Crippen LogP contribution is -1.96. The Hall–Kier alpha value is -2.89. The van der Waals surface area contributed by atoms with Crippen molar-refractivity contribution in [3.05, 3.63) is 54.7 Å². The van der Waals surface area contributed by atoms with Crippen molar-refractivity contribution < 1.29 is 14.0 Å². The highest BCUT2D eigenvalue weighted by atomic mass is 16.5. The first-order valence-electron chi connectivity index (χ1n) is 6.35. The minimum absolute atomic E-state index is 0.195. The molecule has 6 heteroatoms. The molecule has 0 aliphatic carbocycles. The summed E-state index contributed by atoms with van der Waals surface area (Å²) >= 11 is 0. The number of hydrogen-bond donors (Lipinski definition) is 0. The van der Waals surface area contributed by atoms with E-state index in [1.165, 1.54) is 0 Å². The molecule has 0 bridgehead atoms. The highest BCUT2D eigenvalue weighted by Gasteiger charge is 2.09. The molecule has 0 amide bonds. The first kappa shape index (κ1) is 13.1. The Bertz CT molecular complexity index is 713. The summed E-state index contributed by atoms with van der Waals surface area (Å²) in [6.45, 7) is 0.195. The zero-order valence-corrected chi connectivity index (χ0v) is 11.4. The van der Waals surface area contributed by atoms with Gasteiger partial charge in [-0.15, -0.1) is 0 Å². The van der Waals surface area contributed by atoms with Crippen molar-refractivity contribution in [3.8, 4) is 22.9 Å². The van der Waals surface area contributed by atoms with E-state index in [0.29, 0.717) is 17.5 Å². The highest BCUT2D eigenvalue weighted by Crippen LogP contribution is 2.20. The van der Waals surface area contributed by atoms with Gasteiger partial charge in [0, 0.05) is 24.0 Å². The number of nitrogens with zero attached hydrogens (tertiary/aromatic N) is 3. The number of rotatable bonds is 5. The van der Waals surface area contributed by atoms with Gasteiger partial charge in [0.25, 0.3) is 5.89 Å². The molecule has 0 radical (unpaired) electrons. The van der Waals surface area contributed by atoms with Crippen molar-refractivity contribution in [1.29, 1.82) is 0 Å². The average molecular weight is 283 g/mol. The van der Waals surface area contributed by atoms with E-state index < -0.39 is 0 Å². The lowest BCUT2D eigenvalue weighted by molar-refractivity contribution is 0.242. The third-order valence-corrected chi connectivity index (χ3v) is 2.79. The molecule has 21 heavy (non-hydrogen) atoms. The second kappa shape index (κ2) is 6.04. The fourth-order valence-electron chi connectivity index (χ4n) is 1.76. The largest absolute Gasteiger partial charge is 0.497 e. The molecule has 3 rings (SSSR count). The van der Waals surface area contributed by atoms with E-state index in [-0.39, 0.29) is 6.61 Å². The number of pyridine rings is 1. The van der Waals surface area contributed by atoms with Crippen LogP contribution in [0.25, 0.3) is 11.4 Å². The van der Waals surface area contributed by atoms with Crippen molar-refractivity contribution in [1.82, 2.24) is 15.1 Å². The van der Waals surface area contributed by atoms with Crippen LogP contribution in [0.4, 0.5) is 0 Å².